The van der Waals surface area contributed by atoms with Crippen LogP contribution < -0.4 is 9.64 Å². The second kappa shape index (κ2) is 5.94. The zero-order valence-electron chi connectivity index (χ0n) is 12.1. The maximum absolute atomic E-state index is 9.53. The summed E-state index contributed by atoms with van der Waals surface area (Å²) in [6.45, 7) is 0. The Morgan fingerprint density at radius 1 is 1.05 bits per heavy atom. The molecular weight excluding hydrogens is 264 g/mol. The molecule has 0 fully saturated rings. The van der Waals surface area contributed by atoms with Gasteiger partial charge in [-0.25, -0.2) is 0 Å². The van der Waals surface area contributed by atoms with Crippen LogP contribution in [0.1, 0.15) is 11.1 Å². The Bertz CT molecular complexity index is 740. The van der Waals surface area contributed by atoms with Crippen LogP contribution in [-0.4, -0.2) is 26.2 Å². The van der Waals surface area contributed by atoms with Crippen molar-refractivity contribution in [1.29, 1.82) is 10.5 Å². The van der Waals surface area contributed by atoms with E-state index in [4.69, 9.17) is 4.74 Å². The van der Waals surface area contributed by atoms with Crippen LogP contribution in [0.15, 0.2) is 30.3 Å². The third-order valence-electron chi connectivity index (χ3n) is 3.05. The summed E-state index contributed by atoms with van der Waals surface area (Å²) in [7, 11) is 5.05. The van der Waals surface area contributed by atoms with Crippen LogP contribution in [0.5, 0.6) is 5.88 Å². The predicted molar refractivity (Wildman–Crippen MR) is 80.0 cm³/mol. The van der Waals surface area contributed by atoms with Gasteiger partial charge in [-0.05, 0) is 5.56 Å². The highest BCUT2D eigenvalue weighted by molar-refractivity contribution is 5.83. The van der Waals surface area contributed by atoms with Crippen LogP contribution in [-0.2, 0) is 0 Å². The number of aromatic nitrogens is 1. The molecule has 21 heavy (non-hydrogen) atoms. The average Bonchev–Trinajstić information content (AvgIpc) is 2.53. The van der Waals surface area contributed by atoms with Gasteiger partial charge < -0.3 is 9.64 Å². The predicted octanol–water partition coefficient (Wildman–Crippen LogP) is 2.57. The largest absolute Gasteiger partial charge is 0.480 e. The highest BCUT2D eigenvalue weighted by Crippen LogP contribution is 2.36. The molecule has 0 aliphatic heterocycles. The van der Waals surface area contributed by atoms with E-state index in [1.54, 1.807) is 19.0 Å². The summed E-state index contributed by atoms with van der Waals surface area (Å²) in [5.41, 5.74) is 1.97. The van der Waals surface area contributed by atoms with Crippen molar-refractivity contribution in [3.8, 4) is 29.1 Å². The number of pyridine rings is 1. The van der Waals surface area contributed by atoms with Gasteiger partial charge in [-0.15, -0.1) is 0 Å². The third kappa shape index (κ3) is 2.50. The van der Waals surface area contributed by atoms with E-state index in [9.17, 15) is 10.5 Å². The Labute approximate surface area is 123 Å². The molecule has 5 heteroatoms. The monoisotopic (exact) mass is 278 g/mol. The standard InChI is InChI=1S/C16H14N4O/c1-20(2)15-12(9-17)14(11-7-5-4-6-8-11)13(10-18)16(19-15)21-3/h4-8H,1-3H3. The zero-order chi connectivity index (χ0) is 15.4. The number of hydrogen-bond donors (Lipinski definition) is 0. The van der Waals surface area contributed by atoms with Crippen LogP contribution in [0.3, 0.4) is 0 Å². The number of hydrogen-bond acceptors (Lipinski definition) is 5. The van der Waals surface area contributed by atoms with E-state index in [-0.39, 0.29) is 11.4 Å². The lowest BCUT2D eigenvalue weighted by molar-refractivity contribution is 0.397. The van der Waals surface area contributed by atoms with Crippen LogP contribution in [0, 0.1) is 22.7 Å². The average molecular weight is 278 g/mol. The van der Waals surface area contributed by atoms with Crippen molar-refractivity contribution in [2.45, 2.75) is 0 Å². The Morgan fingerprint density at radius 2 is 1.67 bits per heavy atom. The van der Waals surface area contributed by atoms with Crippen molar-refractivity contribution < 1.29 is 4.74 Å². The van der Waals surface area contributed by atoms with E-state index in [1.165, 1.54) is 7.11 Å². The van der Waals surface area contributed by atoms with E-state index < -0.39 is 0 Å². The lowest BCUT2D eigenvalue weighted by atomic mass is 9.96. The first kappa shape index (κ1) is 14.4. The molecule has 1 aromatic carbocycles. The molecule has 1 heterocycles. The van der Waals surface area contributed by atoms with Gasteiger partial charge in [0.1, 0.15) is 23.3 Å². The molecule has 104 valence electrons. The lowest BCUT2D eigenvalue weighted by Crippen LogP contribution is -2.14. The smallest absolute Gasteiger partial charge is 0.234 e. The Hall–Kier alpha value is -3.05. The Kier molecular flexibility index (Phi) is 4.06. The molecule has 0 atom stereocenters. The van der Waals surface area contributed by atoms with Gasteiger partial charge >= 0.3 is 0 Å². The molecule has 0 aliphatic carbocycles. The number of nitriles is 2. The van der Waals surface area contributed by atoms with Gasteiger partial charge in [-0.3, -0.25) is 0 Å². The maximum Gasteiger partial charge on any atom is 0.234 e. The topological polar surface area (TPSA) is 72.9 Å². The normalized spacial score (nSPS) is 9.57. The first-order valence-corrected chi connectivity index (χ1v) is 6.29. The van der Waals surface area contributed by atoms with Crippen molar-refractivity contribution in [3.05, 3.63) is 41.5 Å². The summed E-state index contributed by atoms with van der Waals surface area (Å²) < 4.78 is 5.22. The van der Waals surface area contributed by atoms with Gasteiger partial charge in [-0.1, -0.05) is 30.3 Å². The molecule has 0 saturated heterocycles. The number of nitrogens with zero attached hydrogens (tertiary/aromatic N) is 4. The number of benzene rings is 1. The lowest BCUT2D eigenvalue weighted by Gasteiger charge is -2.18. The second-order valence-electron chi connectivity index (χ2n) is 4.55. The summed E-state index contributed by atoms with van der Waals surface area (Å²) in [5, 5.41) is 19.0. The van der Waals surface area contributed by atoms with Crippen LogP contribution in [0.2, 0.25) is 0 Å². The molecule has 0 amide bonds. The fourth-order valence-electron chi connectivity index (χ4n) is 2.13. The molecule has 2 rings (SSSR count). The van der Waals surface area contributed by atoms with Gasteiger partial charge in [0.15, 0.2) is 5.82 Å². The molecule has 2 aromatic rings. The fraction of sp³-hybridized carbons (Fsp3) is 0.188. The fourth-order valence-corrected chi connectivity index (χ4v) is 2.13. The van der Waals surface area contributed by atoms with E-state index in [2.05, 4.69) is 17.1 Å². The third-order valence-corrected chi connectivity index (χ3v) is 3.05. The molecule has 0 spiro atoms. The van der Waals surface area contributed by atoms with E-state index >= 15 is 0 Å². The molecule has 0 saturated carbocycles. The molecule has 0 aliphatic rings. The zero-order valence-corrected chi connectivity index (χ0v) is 12.1. The minimum Gasteiger partial charge on any atom is -0.480 e. The van der Waals surface area contributed by atoms with Crippen LogP contribution >= 0.6 is 0 Å². The molecule has 0 N–H and O–H groups in total. The molecule has 5 nitrogen and oxygen atoms in total. The van der Waals surface area contributed by atoms with Crippen molar-refractivity contribution in [3.63, 3.8) is 0 Å². The molecule has 0 radical (unpaired) electrons. The number of rotatable bonds is 3. The minimum absolute atomic E-state index is 0.221. The minimum atomic E-state index is 0.221. The first-order valence-electron chi connectivity index (χ1n) is 6.29. The van der Waals surface area contributed by atoms with Crippen molar-refractivity contribution >= 4 is 5.82 Å². The second-order valence-corrected chi connectivity index (χ2v) is 4.55. The van der Waals surface area contributed by atoms with E-state index in [0.29, 0.717) is 16.9 Å². The molecule has 0 unspecified atom stereocenters. The van der Waals surface area contributed by atoms with Crippen LogP contribution in [0.4, 0.5) is 5.82 Å². The molecule has 0 bridgehead atoms. The summed E-state index contributed by atoms with van der Waals surface area (Å²) in [6.07, 6.45) is 0. The van der Waals surface area contributed by atoms with Gasteiger partial charge in [0.2, 0.25) is 5.88 Å². The van der Waals surface area contributed by atoms with Crippen LogP contribution in [0.25, 0.3) is 11.1 Å². The number of ether oxygens (including phenoxy) is 1. The molecular formula is C16H14N4O. The Balaban J connectivity index is 2.92. The summed E-state index contributed by atoms with van der Waals surface area (Å²) >= 11 is 0. The van der Waals surface area contributed by atoms with Gasteiger partial charge in [0, 0.05) is 19.7 Å². The van der Waals surface area contributed by atoms with E-state index in [1.807, 2.05) is 30.3 Å². The number of methoxy groups -OCH3 is 1. The van der Waals surface area contributed by atoms with E-state index in [0.717, 1.165) is 5.56 Å². The highest BCUT2D eigenvalue weighted by Gasteiger charge is 2.22. The number of anilines is 1. The van der Waals surface area contributed by atoms with Crippen molar-refractivity contribution in [2.24, 2.45) is 0 Å². The summed E-state index contributed by atoms with van der Waals surface area (Å²) in [6, 6.07) is 13.6. The summed E-state index contributed by atoms with van der Waals surface area (Å²) in [4.78, 5) is 6.01. The quantitative estimate of drug-likeness (QED) is 0.862. The van der Waals surface area contributed by atoms with Gasteiger partial charge in [-0.2, -0.15) is 15.5 Å². The highest BCUT2D eigenvalue weighted by atomic mass is 16.5. The SMILES string of the molecule is COc1nc(N(C)C)c(C#N)c(-c2ccccc2)c1C#N. The van der Waals surface area contributed by atoms with Crippen molar-refractivity contribution in [1.82, 2.24) is 4.98 Å². The maximum atomic E-state index is 9.53. The Morgan fingerprint density at radius 3 is 2.14 bits per heavy atom. The van der Waals surface area contributed by atoms with Crippen molar-refractivity contribution in [2.75, 3.05) is 26.1 Å². The van der Waals surface area contributed by atoms with Gasteiger partial charge in [0.25, 0.3) is 0 Å². The van der Waals surface area contributed by atoms with Gasteiger partial charge in [0.05, 0.1) is 7.11 Å². The molecule has 1 aromatic heterocycles. The summed E-state index contributed by atoms with van der Waals surface area (Å²) in [5.74, 6) is 0.700. The first-order chi connectivity index (χ1) is 10.1.